The predicted octanol–water partition coefficient (Wildman–Crippen LogP) is 6.30. The van der Waals surface area contributed by atoms with Crippen LogP contribution < -0.4 is 4.90 Å². The molecular formula is C27H20BrNO5. The largest absolute Gasteiger partial charge is 0.508 e. The van der Waals surface area contributed by atoms with Crippen LogP contribution in [-0.2, 0) is 4.79 Å². The van der Waals surface area contributed by atoms with E-state index in [2.05, 4.69) is 15.9 Å². The summed E-state index contributed by atoms with van der Waals surface area (Å²) >= 11 is 3.40. The number of aryl methyl sites for hydroxylation is 2. The number of ketones is 1. The maximum Gasteiger partial charge on any atom is 0.294 e. The molecule has 1 aromatic heterocycles. The van der Waals surface area contributed by atoms with Crippen LogP contribution in [0.4, 0.5) is 5.69 Å². The van der Waals surface area contributed by atoms with E-state index in [9.17, 15) is 19.8 Å². The molecule has 0 aliphatic carbocycles. The number of halogens is 1. The second-order valence-electron chi connectivity index (χ2n) is 8.33. The molecule has 2 heterocycles. The van der Waals surface area contributed by atoms with Crippen molar-refractivity contribution in [1.82, 2.24) is 0 Å². The fourth-order valence-electron chi connectivity index (χ4n) is 4.25. The Morgan fingerprint density at radius 1 is 0.971 bits per heavy atom. The van der Waals surface area contributed by atoms with Crippen LogP contribution in [0.15, 0.2) is 87.0 Å². The number of benzene rings is 3. The number of anilines is 1. The Labute approximate surface area is 203 Å². The van der Waals surface area contributed by atoms with Crippen molar-refractivity contribution in [1.29, 1.82) is 0 Å². The minimum atomic E-state index is -0.950. The van der Waals surface area contributed by atoms with Crippen LogP contribution in [0, 0.1) is 13.8 Å². The molecule has 5 rings (SSSR count). The van der Waals surface area contributed by atoms with E-state index in [1.165, 1.54) is 17.0 Å². The summed E-state index contributed by atoms with van der Waals surface area (Å²) in [5.74, 6) is -1.94. The summed E-state index contributed by atoms with van der Waals surface area (Å²) in [5, 5.41) is 21.7. The molecule has 1 amide bonds. The van der Waals surface area contributed by atoms with E-state index in [1.807, 2.05) is 32.0 Å². The third-order valence-electron chi connectivity index (χ3n) is 6.11. The highest BCUT2D eigenvalue weighted by molar-refractivity contribution is 9.10. The van der Waals surface area contributed by atoms with Gasteiger partial charge < -0.3 is 14.6 Å². The molecule has 0 saturated carbocycles. The first-order chi connectivity index (χ1) is 16.2. The second kappa shape index (κ2) is 8.18. The molecule has 0 saturated heterocycles. The number of amides is 1. The topological polar surface area (TPSA) is 91.0 Å². The van der Waals surface area contributed by atoms with Crippen molar-refractivity contribution in [3.8, 4) is 5.75 Å². The summed E-state index contributed by atoms with van der Waals surface area (Å²) in [6, 6.07) is 17.8. The lowest BCUT2D eigenvalue weighted by Gasteiger charge is -2.27. The van der Waals surface area contributed by atoms with E-state index in [0.717, 1.165) is 15.6 Å². The third kappa shape index (κ3) is 3.58. The average Bonchev–Trinajstić information content (AvgIpc) is 3.34. The first kappa shape index (κ1) is 22.0. The van der Waals surface area contributed by atoms with Crippen LogP contribution in [0.5, 0.6) is 5.75 Å². The van der Waals surface area contributed by atoms with Gasteiger partial charge in [-0.3, -0.25) is 14.5 Å². The van der Waals surface area contributed by atoms with E-state index in [4.69, 9.17) is 4.42 Å². The maximum absolute atomic E-state index is 13.7. The minimum Gasteiger partial charge on any atom is -0.508 e. The summed E-state index contributed by atoms with van der Waals surface area (Å²) < 4.78 is 6.60. The molecule has 34 heavy (non-hydrogen) atoms. The van der Waals surface area contributed by atoms with Gasteiger partial charge in [0.2, 0.25) is 5.78 Å². The molecular weight excluding hydrogens is 498 g/mol. The quantitative estimate of drug-likeness (QED) is 0.310. The van der Waals surface area contributed by atoms with E-state index >= 15 is 0 Å². The number of phenols is 1. The summed E-state index contributed by atoms with van der Waals surface area (Å²) in [4.78, 5) is 28.3. The van der Waals surface area contributed by atoms with Gasteiger partial charge in [0.1, 0.15) is 11.3 Å². The summed E-state index contributed by atoms with van der Waals surface area (Å²) in [7, 11) is 0. The molecule has 7 heteroatoms. The number of hydrogen-bond donors (Lipinski definition) is 2. The molecule has 170 valence electrons. The van der Waals surface area contributed by atoms with Crippen LogP contribution >= 0.6 is 15.9 Å². The fraction of sp³-hybridized carbons (Fsp3) is 0.111. The summed E-state index contributed by atoms with van der Waals surface area (Å²) in [5.41, 5.74) is 3.43. The lowest BCUT2D eigenvalue weighted by atomic mass is 9.94. The van der Waals surface area contributed by atoms with Crippen LogP contribution in [0.3, 0.4) is 0 Å². The molecule has 1 aliphatic heterocycles. The Hall–Kier alpha value is -3.84. The number of aliphatic hydroxyl groups excluding tert-OH is 1. The molecule has 6 nitrogen and oxygen atoms in total. The number of furan rings is 1. The standard InChI is InChI=1S/C27H20BrNO5/c1-14-6-8-19(10-15(14)2)29-24(16-4-3-5-20(30)12-16)23(26(32)27(29)33)25(31)22-13-17-11-18(28)7-9-21(17)34-22/h3-13,24,30,32H,1-2H3. The first-order valence-corrected chi connectivity index (χ1v) is 11.4. The fourth-order valence-corrected chi connectivity index (χ4v) is 4.63. The van der Waals surface area contributed by atoms with Crippen LogP contribution in [0.2, 0.25) is 0 Å². The lowest BCUT2D eigenvalue weighted by molar-refractivity contribution is -0.117. The predicted molar refractivity (Wildman–Crippen MR) is 132 cm³/mol. The number of carbonyl (C=O) groups excluding carboxylic acids is 2. The zero-order chi connectivity index (χ0) is 24.1. The van der Waals surface area contributed by atoms with E-state index < -0.39 is 23.5 Å². The molecule has 0 radical (unpaired) electrons. The summed E-state index contributed by atoms with van der Waals surface area (Å²) in [6.45, 7) is 3.89. The van der Waals surface area contributed by atoms with Gasteiger partial charge in [-0.1, -0.05) is 34.1 Å². The average molecular weight is 518 g/mol. The third-order valence-corrected chi connectivity index (χ3v) is 6.60. The number of carbonyl (C=O) groups is 2. The molecule has 1 aliphatic rings. The smallest absolute Gasteiger partial charge is 0.294 e. The van der Waals surface area contributed by atoms with Gasteiger partial charge in [-0.25, -0.2) is 0 Å². The lowest BCUT2D eigenvalue weighted by Crippen LogP contribution is -2.31. The van der Waals surface area contributed by atoms with E-state index in [1.54, 1.807) is 36.4 Å². The number of fused-ring (bicyclic) bond motifs is 1. The van der Waals surface area contributed by atoms with Crippen molar-refractivity contribution in [2.24, 2.45) is 0 Å². The summed E-state index contributed by atoms with van der Waals surface area (Å²) in [6.07, 6.45) is 0. The Balaban J connectivity index is 1.67. The molecule has 1 unspecified atom stereocenters. The Bertz CT molecular complexity index is 1520. The van der Waals surface area contributed by atoms with Crippen molar-refractivity contribution < 1.29 is 24.2 Å². The SMILES string of the molecule is Cc1ccc(N2C(=O)C(O)=C(C(=O)c3cc4cc(Br)ccc4o3)C2c2cccc(O)c2)cc1C. The Morgan fingerprint density at radius 3 is 2.50 bits per heavy atom. The molecule has 0 fully saturated rings. The molecule has 0 spiro atoms. The number of Topliss-reactive ketones (excluding diaryl/α,β-unsaturated/α-hetero) is 1. The molecule has 4 aromatic rings. The van der Waals surface area contributed by atoms with Crippen molar-refractivity contribution in [3.63, 3.8) is 0 Å². The van der Waals surface area contributed by atoms with Gasteiger partial charge in [0.25, 0.3) is 5.91 Å². The van der Waals surface area contributed by atoms with Gasteiger partial charge in [0.15, 0.2) is 11.5 Å². The number of aromatic hydroxyl groups is 1. The van der Waals surface area contributed by atoms with Crippen molar-refractivity contribution in [3.05, 3.63) is 105 Å². The molecule has 0 bridgehead atoms. The Kier molecular flexibility index (Phi) is 5.29. The number of hydrogen-bond acceptors (Lipinski definition) is 5. The molecule has 3 aromatic carbocycles. The van der Waals surface area contributed by atoms with Crippen LogP contribution in [-0.4, -0.2) is 21.9 Å². The van der Waals surface area contributed by atoms with Gasteiger partial charge in [-0.15, -0.1) is 0 Å². The monoisotopic (exact) mass is 517 g/mol. The van der Waals surface area contributed by atoms with Crippen LogP contribution in [0.25, 0.3) is 11.0 Å². The van der Waals surface area contributed by atoms with Crippen LogP contribution in [0.1, 0.15) is 33.3 Å². The van der Waals surface area contributed by atoms with E-state index in [0.29, 0.717) is 22.2 Å². The van der Waals surface area contributed by atoms with Gasteiger partial charge in [0, 0.05) is 15.5 Å². The number of nitrogens with zero attached hydrogens (tertiary/aromatic N) is 1. The number of aliphatic hydroxyl groups is 1. The minimum absolute atomic E-state index is 0.00883. The normalized spacial score (nSPS) is 16.0. The highest BCUT2D eigenvalue weighted by Crippen LogP contribution is 2.43. The van der Waals surface area contributed by atoms with Gasteiger partial charge in [0.05, 0.1) is 11.6 Å². The molecule has 2 N–H and O–H groups in total. The zero-order valence-electron chi connectivity index (χ0n) is 18.4. The zero-order valence-corrected chi connectivity index (χ0v) is 20.0. The van der Waals surface area contributed by atoms with Gasteiger partial charge >= 0.3 is 0 Å². The second-order valence-corrected chi connectivity index (χ2v) is 9.24. The van der Waals surface area contributed by atoms with E-state index in [-0.39, 0.29) is 17.1 Å². The van der Waals surface area contributed by atoms with Gasteiger partial charge in [-0.05, 0) is 79.1 Å². The Morgan fingerprint density at radius 2 is 1.76 bits per heavy atom. The molecule has 1 atom stereocenters. The highest BCUT2D eigenvalue weighted by atomic mass is 79.9. The van der Waals surface area contributed by atoms with Crippen molar-refractivity contribution in [2.75, 3.05) is 4.90 Å². The first-order valence-electron chi connectivity index (χ1n) is 10.6. The highest BCUT2D eigenvalue weighted by Gasteiger charge is 2.45. The van der Waals surface area contributed by atoms with Crippen molar-refractivity contribution >= 4 is 44.3 Å². The maximum atomic E-state index is 13.7. The number of rotatable bonds is 4. The van der Waals surface area contributed by atoms with Gasteiger partial charge in [-0.2, -0.15) is 0 Å². The van der Waals surface area contributed by atoms with Crippen molar-refractivity contribution in [2.45, 2.75) is 19.9 Å². The number of phenolic OH excluding ortho intramolecular Hbond substituents is 1.